The molecule has 3 aliphatic carbocycles. The molecule has 1 heterocycles. The van der Waals surface area contributed by atoms with Crippen molar-refractivity contribution >= 4 is 14.3 Å². The maximum absolute atomic E-state index is 12.4. The highest BCUT2D eigenvalue weighted by atomic mass is 28.4. The van der Waals surface area contributed by atoms with Gasteiger partial charge >= 0.3 is 5.97 Å². The van der Waals surface area contributed by atoms with E-state index in [9.17, 15) is 9.90 Å². The van der Waals surface area contributed by atoms with Crippen LogP contribution in [0, 0.1) is 28.6 Å². The molecule has 6 nitrogen and oxygen atoms in total. The monoisotopic (exact) mass is 510 g/mol. The number of aliphatic hydroxyl groups is 1. The summed E-state index contributed by atoms with van der Waals surface area (Å²) in [5.41, 5.74) is -0.259. The third kappa shape index (κ3) is 4.56. The van der Waals surface area contributed by atoms with Crippen molar-refractivity contribution < 1.29 is 28.5 Å². The van der Waals surface area contributed by atoms with E-state index in [4.69, 9.17) is 18.6 Å². The Labute approximate surface area is 213 Å². The number of esters is 1. The van der Waals surface area contributed by atoms with Crippen LogP contribution in [0.5, 0.6) is 0 Å². The third-order valence-electron chi connectivity index (χ3n) is 11.1. The number of rotatable bonds is 5. The number of hydrogen-bond donors (Lipinski definition) is 1. The topological polar surface area (TPSA) is 74.2 Å². The van der Waals surface area contributed by atoms with E-state index >= 15 is 0 Å². The van der Waals surface area contributed by atoms with Crippen molar-refractivity contribution in [1.82, 2.24) is 0 Å². The van der Waals surface area contributed by atoms with Crippen molar-refractivity contribution in [3.8, 4) is 0 Å². The van der Waals surface area contributed by atoms with Crippen molar-refractivity contribution in [3.63, 3.8) is 0 Å². The Balaban J connectivity index is 1.58. The zero-order valence-corrected chi connectivity index (χ0v) is 24.4. The second kappa shape index (κ2) is 9.37. The summed E-state index contributed by atoms with van der Waals surface area (Å²) in [6.07, 6.45) is 6.65. The Morgan fingerprint density at radius 3 is 2.23 bits per heavy atom. The lowest BCUT2D eigenvalue weighted by Crippen LogP contribution is -2.58. The highest BCUT2D eigenvalue weighted by Gasteiger charge is 2.67. The molecule has 4 fully saturated rings. The van der Waals surface area contributed by atoms with Gasteiger partial charge in [-0.25, -0.2) is 0 Å². The van der Waals surface area contributed by atoms with Gasteiger partial charge in [0.25, 0.3) is 0 Å². The van der Waals surface area contributed by atoms with Gasteiger partial charge < -0.3 is 23.7 Å². The van der Waals surface area contributed by atoms with Crippen molar-refractivity contribution in [2.45, 2.75) is 123 Å². The summed E-state index contributed by atoms with van der Waals surface area (Å²) >= 11 is 0. The molecule has 0 aromatic rings. The fourth-order valence-corrected chi connectivity index (χ4v) is 9.28. The van der Waals surface area contributed by atoms with E-state index in [1.54, 1.807) is 0 Å². The van der Waals surface area contributed by atoms with Crippen LogP contribution in [0.3, 0.4) is 0 Å². The first-order valence-corrected chi connectivity index (χ1v) is 16.8. The minimum Gasteiger partial charge on any atom is -0.462 e. The fourth-order valence-electron chi connectivity index (χ4n) is 7.88. The van der Waals surface area contributed by atoms with E-state index in [1.807, 2.05) is 0 Å². The second-order valence-corrected chi connectivity index (χ2v) is 18.6. The molecule has 4 rings (SSSR count). The van der Waals surface area contributed by atoms with E-state index in [0.717, 1.165) is 44.9 Å². The molecule has 0 bridgehead atoms. The zero-order chi connectivity index (χ0) is 25.9. The molecule has 1 N–H and O–H groups in total. The highest BCUT2D eigenvalue weighted by molar-refractivity contribution is 6.74. The minimum atomic E-state index is -1.88. The largest absolute Gasteiger partial charge is 0.462 e. The minimum absolute atomic E-state index is 0.101. The van der Waals surface area contributed by atoms with E-state index in [-0.39, 0.29) is 58.4 Å². The first-order valence-electron chi connectivity index (χ1n) is 13.9. The van der Waals surface area contributed by atoms with Gasteiger partial charge in [-0.1, -0.05) is 34.6 Å². The molecule has 1 saturated heterocycles. The van der Waals surface area contributed by atoms with Gasteiger partial charge in [-0.3, -0.25) is 4.79 Å². The molecule has 7 atom stereocenters. The summed E-state index contributed by atoms with van der Waals surface area (Å²) in [4.78, 5) is 12.4. The molecule has 7 heteroatoms. The first kappa shape index (κ1) is 27.6. The summed E-state index contributed by atoms with van der Waals surface area (Å²) in [5.74, 6) is -0.189. The number of fused-ring (bicyclic) bond motifs is 2. The van der Waals surface area contributed by atoms with E-state index in [2.05, 4.69) is 47.7 Å². The maximum Gasteiger partial charge on any atom is 0.302 e. The average Bonchev–Trinajstić information content (AvgIpc) is 3.34. The van der Waals surface area contributed by atoms with E-state index in [1.165, 1.54) is 6.92 Å². The van der Waals surface area contributed by atoms with Crippen LogP contribution >= 0.6 is 0 Å². The van der Waals surface area contributed by atoms with Gasteiger partial charge in [-0.15, -0.1) is 0 Å². The van der Waals surface area contributed by atoms with Gasteiger partial charge in [0.1, 0.15) is 6.10 Å². The van der Waals surface area contributed by atoms with Gasteiger partial charge in [0.05, 0.1) is 13.2 Å². The summed E-state index contributed by atoms with van der Waals surface area (Å²) in [7, 11) is -1.88. The predicted octanol–water partition coefficient (Wildman–Crippen LogP) is 5.68. The molecule has 3 saturated carbocycles. The Morgan fingerprint density at radius 1 is 1.03 bits per heavy atom. The third-order valence-corrected chi connectivity index (χ3v) is 15.7. The SMILES string of the molecule is CC(=O)OC1C2CCC3(OCCO3)[C@@]2(C)CCC1[C@@]1(C)CC[C@H](O[Si](C)(C)C(C)(C)C)C[C@@H]1CO. The Morgan fingerprint density at radius 2 is 1.66 bits per heavy atom. The van der Waals surface area contributed by atoms with E-state index in [0.29, 0.717) is 13.2 Å². The molecule has 3 unspecified atom stereocenters. The number of carbonyl (C=O) groups is 1. The lowest BCUT2D eigenvalue weighted by atomic mass is 9.51. The Kier molecular flexibility index (Phi) is 7.38. The molecule has 0 aromatic heterocycles. The normalized spacial score (nSPS) is 41.7. The van der Waals surface area contributed by atoms with Crippen LogP contribution in [-0.2, 0) is 23.4 Å². The molecule has 202 valence electrons. The molecular formula is C28H50O6Si. The van der Waals surface area contributed by atoms with Crippen LogP contribution in [0.15, 0.2) is 0 Å². The van der Waals surface area contributed by atoms with Gasteiger partial charge in [0.2, 0.25) is 0 Å². The molecule has 35 heavy (non-hydrogen) atoms. The summed E-state index contributed by atoms with van der Waals surface area (Å²) in [6.45, 7) is 19.1. The zero-order valence-electron chi connectivity index (χ0n) is 23.4. The molecule has 1 spiro atoms. The molecule has 0 amide bonds. The highest BCUT2D eigenvalue weighted by Crippen LogP contribution is 2.65. The number of aliphatic hydroxyl groups excluding tert-OH is 1. The maximum atomic E-state index is 12.4. The molecule has 4 aliphatic rings. The van der Waals surface area contributed by atoms with Crippen LogP contribution in [-0.4, -0.2) is 57.2 Å². The summed E-state index contributed by atoms with van der Waals surface area (Å²) in [5, 5.41) is 10.8. The number of hydrogen-bond acceptors (Lipinski definition) is 6. The van der Waals surface area contributed by atoms with Gasteiger partial charge in [0.15, 0.2) is 14.1 Å². The van der Waals surface area contributed by atoms with Crippen LogP contribution in [0.4, 0.5) is 0 Å². The quantitative estimate of drug-likeness (QED) is 0.379. The Bertz CT molecular complexity index is 787. The first-order chi connectivity index (χ1) is 16.2. The van der Waals surface area contributed by atoms with E-state index < -0.39 is 14.1 Å². The average molecular weight is 511 g/mol. The van der Waals surface area contributed by atoms with Crippen LogP contribution in [0.2, 0.25) is 18.1 Å². The lowest BCUT2D eigenvalue weighted by Gasteiger charge is -2.57. The van der Waals surface area contributed by atoms with Crippen molar-refractivity contribution in [2.75, 3.05) is 19.8 Å². The number of ether oxygens (including phenoxy) is 3. The van der Waals surface area contributed by atoms with Crippen LogP contribution < -0.4 is 0 Å². The number of carbonyl (C=O) groups excluding carboxylic acids is 1. The van der Waals surface area contributed by atoms with Gasteiger partial charge in [-0.05, 0) is 68.0 Å². The lowest BCUT2D eigenvalue weighted by molar-refractivity contribution is -0.253. The fraction of sp³-hybridized carbons (Fsp3) is 0.964. The smallest absolute Gasteiger partial charge is 0.302 e. The molecule has 1 aliphatic heterocycles. The summed E-state index contributed by atoms with van der Waals surface area (Å²) < 4.78 is 25.5. The van der Waals surface area contributed by atoms with Crippen LogP contribution in [0.1, 0.15) is 86.5 Å². The summed E-state index contributed by atoms with van der Waals surface area (Å²) in [6, 6.07) is 0. The van der Waals surface area contributed by atoms with Crippen molar-refractivity contribution in [1.29, 1.82) is 0 Å². The van der Waals surface area contributed by atoms with Gasteiger partial charge in [-0.2, -0.15) is 0 Å². The second-order valence-electron chi connectivity index (χ2n) is 13.9. The molecular weight excluding hydrogens is 460 g/mol. The standard InChI is InChI=1S/C28H50O6Si/c1-19(30)33-24-22(10-13-27(6)23(24)11-14-28(27)31-15-16-32-28)26(5)12-9-21(17-20(26)18-29)34-35(7,8)25(2,3)4/h20-24,29H,9-18H2,1-8H3/t20-,21+,22?,23?,24?,26+,27+/m1/s1. The molecule has 0 radical (unpaired) electrons. The molecule has 0 aromatic carbocycles. The van der Waals surface area contributed by atoms with Crippen molar-refractivity contribution in [2.24, 2.45) is 28.6 Å². The Hall–Kier alpha value is -0.473. The van der Waals surface area contributed by atoms with Crippen molar-refractivity contribution in [3.05, 3.63) is 0 Å². The van der Waals surface area contributed by atoms with Crippen LogP contribution in [0.25, 0.3) is 0 Å². The predicted molar refractivity (Wildman–Crippen MR) is 138 cm³/mol. The van der Waals surface area contributed by atoms with Gasteiger partial charge in [0, 0.05) is 43.3 Å².